The molecule has 2 aromatic rings. The van der Waals surface area contributed by atoms with Crippen molar-refractivity contribution < 1.29 is 13.2 Å². The molecule has 0 saturated carbocycles. The molecule has 3 rings (SSSR count). The van der Waals surface area contributed by atoms with Gasteiger partial charge in [0.25, 0.3) is 0 Å². The summed E-state index contributed by atoms with van der Waals surface area (Å²) in [7, 11) is -3.23. The maximum atomic E-state index is 12.1. The standard InChI is InChI=1S/C15H14N2O3S/c16-15(18)10-5-7-11(8-6-10)17-13-9-21(19,20)14-4-2-1-3-12(13)14/h1-8,13,17H,9H2,(H2,16,18). The molecular weight excluding hydrogens is 288 g/mol. The van der Waals surface area contributed by atoms with Crippen LogP contribution in [0.4, 0.5) is 5.69 Å². The molecule has 0 bridgehead atoms. The van der Waals surface area contributed by atoms with Crippen LogP contribution >= 0.6 is 0 Å². The molecule has 0 aliphatic carbocycles. The summed E-state index contributed by atoms with van der Waals surface area (Å²) in [4.78, 5) is 11.4. The van der Waals surface area contributed by atoms with Crippen molar-refractivity contribution in [2.45, 2.75) is 10.9 Å². The number of anilines is 1. The van der Waals surface area contributed by atoms with Gasteiger partial charge in [0.2, 0.25) is 5.91 Å². The van der Waals surface area contributed by atoms with Gasteiger partial charge in [-0.3, -0.25) is 4.79 Å². The molecule has 0 aromatic heterocycles. The SMILES string of the molecule is NC(=O)c1ccc(NC2CS(=O)(=O)c3ccccc32)cc1. The van der Waals surface area contributed by atoms with E-state index in [0.29, 0.717) is 10.5 Å². The van der Waals surface area contributed by atoms with Crippen LogP contribution in [0.25, 0.3) is 0 Å². The Hall–Kier alpha value is -2.34. The Bertz CT molecular complexity index is 798. The summed E-state index contributed by atoms with van der Waals surface area (Å²) in [6.07, 6.45) is 0. The zero-order valence-electron chi connectivity index (χ0n) is 11.1. The first-order chi connectivity index (χ1) is 9.97. The second-order valence-corrected chi connectivity index (χ2v) is 6.96. The Morgan fingerprint density at radius 2 is 1.76 bits per heavy atom. The van der Waals surface area contributed by atoms with Crippen LogP contribution in [0.15, 0.2) is 53.4 Å². The number of hydrogen-bond acceptors (Lipinski definition) is 4. The van der Waals surface area contributed by atoms with E-state index in [4.69, 9.17) is 5.73 Å². The third-order valence-electron chi connectivity index (χ3n) is 3.53. The summed E-state index contributed by atoms with van der Waals surface area (Å²) in [5.74, 6) is -0.459. The number of amides is 1. The minimum Gasteiger partial charge on any atom is -0.377 e. The lowest BCUT2D eigenvalue weighted by Gasteiger charge is -2.14. The number of primary amides is 1. The Morgan fingerprint density at radius 1 is 1.10 bits per heavy atom. The van der Waals surface area contributed by atoms with E-state index < -0.39 is 15.7 Å². The van der Waals surface area contributed by atoms with Crippen LogP contribution in [0, 0.1) is 0 Å². The van der Waals surface area contributed by atoms with Gasteiger partial charge in [-0.05, 0) is 35.9 Å². The molecule has 1 aliphatic heterocycles. The summed E-state index contributed by atoms with van der Waals surface area (Å²) in [5, 5.41) is 3.19. The number of nitrogens with two attached hydrogens (primary N) is 1. The van der Waals surface area contributed by atoms with E-state index >= 15 is 0 Å². The maximum absolute atomic E-state index is 12.1. The molecular formula is C15H14N2O3S. The number of benzene rings is 2. The summed E-state index contributed by atoms with van der Waals surface area (Å²) in [6, 6.07) is 13.4. The summed E-state index contributed by atoms with van der Waals surface area (Å²) >= 11 is 0. The van der Waals surface area contributed by atoms with Crippen molar-refractivity contribution in [2.24, 2.45) is 5.73 Å². The van der Waals surface area contributed by atoms with E-state index in [1.54, 1.807) is 36.4 Å². The highest BCUT2D eigenvalue weighted by Crippen LogP contribution is 2.35. The Kier molecular flexibility index (Phi) is 3.17. The molecule has 0 spiro atoms. The van der Waals surface area contributed by atoms with Crippen molar-refractivity contribution >= 4 is 21.4 Å². The van der Waals surface area contributed by atoms with Crippen LogP contribution in [0.5, 0.6) is 0 Å². The molecule has 1 atom stereocenters. The molecule has 21 heavy (non-hydrogen) atoms. The molecule has 6 heteroatoms. The lowest BCUT2D eigenvalue weighted by molar-refractivity contribution is 0.100. The van der Waals surface area contributed by atoms with Crippen molar-refractivity contribution in [3.05, 3.63) is 59.7 Å². The molecule has 0 fully saturated rings. The van der Waals surface area contributed by atoms with Gasteiger partial charge in [0, 0.05) is 11.3 Å². The fourth-order valence-corrected chi connectivity index (χ4v) is 4.24. The van der Waals surface area contributed by atoms with Crippen LogP contribution in [-0.4, -0.2) is 20.1 Å². The van der Waals surface area contributed by atoms with Crippen LogP contribution < -0.4 is 11.1 Å². The number of carbonyl (C=O) groups is 1. The van der Waals surface area contributed by atoms with Gasteiger partial charge in [-0.25, -0.2) is 8.42 Å². The van der Waals surface area contributed by atoms with Gasteiger partial charge in [0.15, 0.2) is 9.84 Å². The van der Waals surface area contributed by atoms with Gasteiger partial charge in [-0.1, -0.05) is 18.2 Å². The number of rotatable bonds is 3. The zero-order valence-corrected chi connectivity index (χ0v) is 11.9. The van der Waals surface area contributed by atoms with Gasteiger partial charge >= 0.3 is 0 Å². The average molecular weight is 302 g/mol. The fourth-order valence-electron chi connectivity index (χ4n) is 2.50. The Balaban J connectivity index is 1.88. The van der Waals surface area contributed by atoms with Crippen molar-refractivity contribution in [2.75, 3.05) is 11.1 Å². The van der Waals surface area contributed by atoms with Gasteiger partial charge in [-0.15, -0.1) is 0 Å². The van der Waals surface area contributed by atoms with E-state index in [1.807, 2.05) is 12.1 Å². The number of sulfone groups is 1. The van der Waals surface area contributed by atoms with Crippen molar-refractivity contribution in [1.82, 2.24) is 0 Å². The molecule has 5 nitrogen and oxygen atoms in total. The van der Waals surface area contributed by atoms with Gasteiger partial charge in [-0.2, -0.15) is 0 Å². The predicted molar refractivity (Wildman–Crippen MR) is 79.8 cm³/mol. The Morgan fingerprint density at radius 3 is 2.43 bits per heavy atom. The first-order valence-corrected chi connectivity index (χ1v) is 8.11. The quantitative estimate of drug-likeness (QED) is 0.903. The fraction of sp³-hybridized carbons (Fsp3) is 0.133. The molecule has 1 unspecified atom stereocenters. The van der Waals surface area contributed by atoms with E-state index in [0.717, 1.165) is 11.3 Å². The molecule has 108 valence electrons. The minimum absolute atomic E-state index is 0.0317. The third-order valence-corrected chi connectivity index (χ3v) is 5.34. The molecule has 1 amide bonds. The van der Waals surface area contributed by atoms with Crippen molar-refractivity contribution in [3.63, 3.8) is 0 Å². The Labute approximate surface area is 122 Å². The highest BCUT2D eigenvalue weighted by Gasteiger charge is 2.34. The molecule has 0 radical (unpaired) electrons. The van der Waals surface area contributed by atoms with Gasteiger partial charge in [0.1, 0.15) is 0 Å². The monoisotopic (exact) mass is 302 g/mol. The average Bonchev–Trinajstić information content (AvgIpc) is 2.71. The minimum atomic E-state index is -3.23. The third kappa shape index (κ3) is 2.50. The van der Waals surface area contributed by atoms with E-state index in [2.05, 4.69) is 5.32 Å². The second kappa shape index (κ2) is 4.89. The molecule has 1 aliphatic rings. The smallest absolute Gasteiger partial charge is 0.248 e. The van der Waals surface area contributed by atoms with Crippen LogP contribution in [0.1, 0.15) is 22.0 Å². The highest BCUT2D eigenvalue weighted by molar-refractivity contribution is 7.91. The lowest BCUT2D eigenvalue weighted by Crippen LogP contribution is -2.14. The maximum Gasteiger partial charge on any atom is 0.248 e. The number of carbonyl (C=O) groups excluding carboxylic acids is 1. The number of hydrogen-bond donors (Lipinski definition) is 2. The van der Waals surface area contributed by atoms with Crippen LogP contribution in [0.2, 0.25) is 0 Å². The molecule has 3 N–H and O–H groups in total. The van der Waals surface area contributed by atoms with E-state index in [9.17, 15) is 13.2 Å². The first kappa shape index (κ1) is 13.6. The predicted octanol–water partition coefficient (Wildman–Crippen LogP) is 1.73. The lowest BCUT2D eigenvalue weighted by atomic mass is 10.1. The summed E-state index contributed by atoms with van der Waals surface area (Å²) in [5.41, 5.74) is 7.13. The summed E-state index contributed by atoms with van der Waals surface area (Å²) in [6.45, 7) is 0. The van der Waals surface area contributed by atoms with Gasteiger partial charge in [0.05, 0.1) is 16.7 Å². The number of nitrogens with one attached hydrogen (secondary N) is 1. The normalized spacial score (nSPS) is 19.0. The topological polar surface area (TPSA) is 89.3 Å². The van der Waals surface area contributed by atoms with Crippen LogP contribution in [0.3, 0.4) is 0 Å². The van der Waals surface area contributed by atoms with E-state index in [-0.39, 0.29) is 11.8 Å². The van der Waals surface area contributed by atoms with Crippen molar-refractivity contribution in [1.29, 1.82) is 0 Å². The van der Waals surface area contributed by atoms with E-state index in [1.165, 1.54) is 0 Å². The zero-order chi connectivity index (χ0) is 15.0. The number of fused-ring (bicyclic) bond motifs is 1. The largest absolute Gasteiger partial charge is 0.377 e. The molecule has 2 aromatic carbocycles. The van der Waals surface area contributed by atoms with Crippen LogP contribution in [-0.2, 0) is 9.84 Å². The first-order valence-electron chi connectivity index (χ1n) is 6.45. The molecule has 1 heterocycles. The summed E-state index contributed by atoms with van der Waals surface area (Å²) < 4.78 is 24.2. The molecule has 0 saturated heterocycles. The van der Waals surface area contributed by atoms with Crippen molar-refractivity contribution in [3.8, 4) is 0 Å². The van der Waals surface area contributed by atoms with Gasteiger partial charge < -0.3 is 11.1 Å². The second-order valence-electron chi connectivity index (χ2n) is 4.96. The highest BCUT2D eigenvalue weighted by atomic mass is 32.2.